The highest BCUT2D eigenvalue weighted by Crippen LogP contribution is 2.24. The molecule has 6 nitrogen and oxygen atoms in total. The summed E-state index contributed by atoms with van der Waals surface area (Å²) in [4.78, 5) is 24.2. The number of sulfone groups is 1. The SMILES string of the molecule is CC(=O)Nc1cccc(NC(=O)c2ccc(CS(=O)(=O)c3ccc(C)cc3)cc2)c1C. The smallest absolute Gasteiger partial charge is 0.255 e. The Hall–Kier alpha value is -3.45. The van der Waals surface area contributed by atoms with Crippen LogP contribution in [0, 0.1) is 13.8 Å². The molecule has 0 saturated heterocycles. The first-order chi connectivity index (χ1) is 14.7. The molecule has 0 aliphatic rings. The number of aryl methyl sites for hydroxylation is 1. The third kappa shape index (κ3) is 5.58. The molecule has 7 heteroatoms. The van der Waals surface area contributed by atoms with Gasteiger partial charge in [0.15, 0.2) is 9.84 Å². The van der Waals surface area contributed by atoms with Crippen LogP contribution in [-0.2, 0) is 20.4 Å². The van der Waals surface area contributed by atoms with Gasteiger partial charge in [0.25, 0.3) is 5.91 Å². The van der Waals surface area contributed by atoms with E-state index >= 15 is 0 Å². The van der Waals surface area contributed by atoms with E-state index in [1.54, 1.807) is 73.7 Å². The normalized spacial score (nSPS) is 11.1. The number of carbonyl (C=O) groups is 2. The van der Waals surface area contributed by atoms with Gasteiger partial charge in [0.1, 0.15) is 0 Å². The van der Waals surface area contributed by atoms with Gasteiger partial charge in [-0.1, -0.05) is 35.9 Å². The van der Waals surface area contributed by atoms with Crippen molar-refractivity contribution >= 4 is 33.0 Å². The van der Waals surface area contributed by atoms with Crippen LogP contribution in [0.1, 0.15) is 34.0 Å². The van der Waals surface area contributed by atoms with Crippen molar-refractivity contribution in [3.05, 3.63) is 89.0 Å². The van der Waals surface area contributed by atoms with Gasteiger partial charge < -0.3 is 10.6 Å². The number of benzene rings is 3. The van der Waals surface area contributed by atoms with E-state index in [0.717, 1.165) is 11.1 Å². The molecule has 3 rings (SSSR count). The summed E-state index contributed by atoms with van der Waals surface area (Å²) < 4.78 is 25.2. The van der Waals surface area contributed by atoms with Crippen LogP contribution in [0.2, 0.25) is 0 Å². The number of nitrogens with one attached hydrogen (secondary N) is 2. The first-order valence-corrected chi connectivity index (χ1v) is 11.4. The van der Waals surface area contributed by atoms with Crippen molar-refractivity contribution in [2.75, 3.05) is 10.6 Å². The van der Waals surface area contributed by atoms with E-state index in [4.69, 9.17) is 0 Å². The lowest BCUT2D eigenvalue weighted by Gasteiger charge is -2.13. The zero-order valence-electron chi connectivity index (χ0n) is 17.6. The van der Waals surface area contributed by atoms with Crippen LogP contribution < -0.4 is 10.6 Å². The number of hydrogen-bond donors (Lipinski definition) is 2. The van der Waals surface area contributed by atoms with E-state index in [1.807, 2.05) is 6.92 Å². The minimum Gasteiger partial charge on any atom is -0.326 e. The first kappa shape index (κ1) is 22.2. The maximum Gasteiger partial charge on any atom is 0.255 e. The molecule has 31 heavy (non-hydrogen) atoms. The van der Waals surface area contributed by atoms with E-state index in [9.17, 15) is 18.0 Å². The summed E-state index contributed by atoms with van der Waals surface area (Å²) in [5.41, 5.74) is 3.95. The molecule has 3 aromatic rings. The van der Waals surface area contributed by atoms with E-state index in [0.29, 0.717) is 22.5 Å². The molecule has 0 spiro atoms. The Morgan fingerprint density at radius 1 is 0.806 bits per heavy atom. The Balaban J connectivity index is 1.72. The van der Waals surface area contributed by atoms with Crippen LogP contribution >= 0.6 is 0 Å². The number of rotatable bonds is 6. The average Bonchev–Trinajstić information content (AvgIpc) is 2.71. The third-order valence-electron chi connectivity index (χ3n) is 4.85. The van der Waals surface area contributed by atoms with E-state index in [2.05, 4.69) is 10.6 Å². The summed E-state index contributed by atoms with van der Waals surface area (Å²) in [5.74, 6) is -0.658. The molecular weight excluding hydrogens is 412 g/mol. The van der Waals surface area contributed by atoms with E-state index in [1.165, 1.54) is 6.92 Å². The molecule has 3 aromatic carbocycles. The van der Waals surface area contributed by atoms with E-state index < -0.39 is 9.84 Å². The molecule has 0 saturated carbocycles. The van der Waals surface area contributed by atoms with Crippen molar-refractivity contribution in [2.24, 2.45) is 0 Å². The Kier molecular flexibility index (Phi) is 6.56. The summed E-state index contributed by atoms with van der Waals surface area (Å²) in [5, 5.41) is 5.56. The maximum absolute atomic E-state index is 12.6. The standard InChI is InChI=1S/C24H24N2O4S/c1-16-7-13-21(14-8-16)31(29,30)15-19-9-11-20(12-10-19)24(28)26-23-6-4-5-22(17(23)2)25-18(3)27/h4-14H,15H2,1-3H3,(H,25,27)(H,26,28). The molecule has 0 unspecified atom stereocenters. The second-order valence-electron chi connectivity index (χ2n) is 7.38. The Labute approximate surface area is 182 Å². The lowest BCUT2D eigenvalue weighted by atomic mass is 10.1. The van der Waals surface area contributed by atoms with Crippen LogP contribution in [0.25, 0.3) is 0 Å². The average molecular weight is 437 g/mol. The number of hydrogen-bond acceptors (Lipinski definition) is 4. The highest BCUT2D eigenvalue weighted by Gasteiger charge is 2.16. The maximum atomic E-state index is 12.6. The predicted molar refractivity (Wildman–Crippen MR) is 122 cm³/mol. The minimum atomic E-state index is -3.47. The van der Waals surface area contributed by atoms with Crippen molar-refractivity contribution in [3.63, 3.8) is 0 Å². The van der Waals surface area contributed by atoms with Crippen molar-refractivity contribution < 1.29 is 18.0 Å². The van der Waals surface area contributed by atoms with E-state index in [-0.39, 0.29) is 22.5 Å². The summed E-state index contributed by atoms with van der Waals surface area (Å²) >= 11 is 0. The molecule has 2 N–H and O–H groups in total. The first-order valence-electron chi connectivity index (χ1n) is 9.72. The summed E-state index contributed by atoms with van der Waals surface area (Å²) in [6.45, 7) is 5.13. The fraction of sp³-hybridized carbons (Fsp3) is 0.167. The van der Waals surface area contributed by atoms with Gasteiger partial charge in [-0.05, 0) is 61.4 Å². The zero-order chi connectivity index (χ0) is 22.6. The Morgan fingerprint density at radius 3 is 1.97 bits per heavy atom. The summed E-state index contributed by atoms with van der Waals surface area (Å²) in [7, 11) is -3.47. The molecule has 2 amide bonds. The van der Waals surface area contributed by atoms with Crippen molar-refractivity contribution in [1.82, 2.24) is 0 Å². The van der Waals surface area contributed by atoms with Gasteiger partial charge in [0, 0.05) is 23.9 Å². The largest absolute Gasteiger partial charge is 0.326 e. The van der Waals surface area contributed by atoms with Crippen LogP contribution in [0.5, 0.6) is 0 Å². The van der Waals surface area contributed by atoms with Crippen molar-refractivity contribution in [3.8, 4) is 0 Å². The van der Waals surface area contributed by atoms with Gasteiger partial charge in [-0.25, -0.2) is 8.42 Å². The van der Waals surface area contributed by atoms with Crippen molar-refractivity contribution in [1.29, 1.82) is 0 Å². The number of amides is 2. The van der Waals surface area contributed by atoms with Gasteiger partial charge in [0.2, 0.25) is 5.91 Å². The summed E-state index contributed by atoms with van der Waals surface area (Å²) in [6.07, 6.45) is 0. The lowest BCUT2D eigenvalue weighted by molar-refractivity contribution is -0.114. The topological polar surface area (TPSA) is 92.3 Å². The lowest BCUT2D eigenvalue weighted by Crippen LogP contribution is -2.14. The van der Waals surface area contributed by atoms with Crippen LogP contribution in [0.3, 0.4) is 0 Å². The highest BCUT2D eigenvalue weighted by atomic mass is 32.2. The fourth-order valence-electron chi connectivity index (χ4n) is 3.09. The molecule has 0 bridgehead atoms. The van der Waals surface area contributed by atoms with Crippen LogP contribution in [-0.4, -0.2) is 20.2 Å². The van der Waals surface area contributed by atoms with Gasteiger partial charge in [0.05, 0.1) is 10.6 Å². The molecule has 0 radical (unpaired) electrons. The Bertz CT molecular complexity index is 1220. The minimum absolute atomic E-state index is 0.143. The van der Waals surface area contributed by atoms with Gasteiger partial charge in [-0.2, -0.15) is 0 Å². The molecule has 0 aromatic heterocycles. The van der Waals surface area contributed by atoms with Crippen LogP contribution in [0.4, 0.5) is 11.4 Å². The molecule has 0 fully saturated rings. The van der Waals surface area contributed by atoms with Gasteiger partial charge in [-0.3, -0.25) is 9.59 Å². The second-order valence-corrected chi connectivity index (χ2v) is 9.37. The molecule has 0 atom stereocenters. The second kappa shape index (κ2) is 9.14. The predicted octanol–water partition coefficient (Wildman–Crippen LogP) is 4.49. The highest BCUT2D eigenvalue weighted by molar-refractivity contribution is 7.90. The monoisotopic (exact) mass is 436 g/mol. The molecule has 0 aliphatic heterocycles. The zero-order valence-corrected chi connectivity index (χ0v) is 18.4. The molecule has 0 aliphatic carbocycles. The molecule has 160 valence electrons. The molecule has 0 heterocycles. The van der Waals surface area contributed by atoms with Gasteiger partial charge in [-0.15, -0.1) is 0 Å². The third-order valence-corrected chi connectivity index (χ3v) is 6.55. The van der Waals surface area contributed by atoms with Gasteiger partial charge >= 0.3 is 0 Å². The fourth-order valence-corrected chi connectivity index (χ4v) is 4.44. The van der Waals surface area contributed by atoms with Crippen molar-refractivity contribution in [2.45, 2.75) is 31.4 Å². The van der Waals surface area contributed by atoms with Crippen LogP contribution in [0.15, 0.2) is 71.6 Å². The summed E-state index contributed by atoms with van der Waals surface area (Å²) in [6, 6.07) is 18.5. The quantitative estimate of drug-likeness (QED) is 0.596. The number of anilines is 2. The molecular formula is C24H24N2O4S. The number of carbonyl (C=O) groups excluding carboxylic acids is 2. The Morgan fingerprint density at radius 2 is 1.39 bits per heavy atom.